The van der Waals surface area contributed by atoms with E-state index >= 15 is 0 Å². The van der Waals surface area contributed by atoms with E-state index in [0.717, 1.165) is 11.4 Å². The van der Waals surface area contributed by atoms with Crippen molar-refractivity contribution >= 4 is 5.69 Å². The number of ether oxygens (including phenoxy) is 11. The summed E-state index contributed by atoms with van der Waals surface area (Å²) in [5.74, 6) is 0.809. The Labute approximate surface area is 246 Å². The molecule has 0 aliphatic carbocycles. The van der Waals surface area contributed by atoms with Gasteiger partial charge in [-0.15, -0.1) is 0 Å². The highest BCUT2D eigenvalue weighted by molar-refractivity contribution is 5.50. The first-order chi connectivity index (χ1) is 20.3. The zero-order valence-electron chi connectivity index (χ0n) is 25.4. The van der Waals surface area contributed by atoms with Crippen molar-refractivity contribution in [2.24, 2.45) is 0 Å². The zero-order chi connectivity index (χ0) is 29.5. The van der Waals surface area contributed by atoms with Crippen molar-refractivity contribution < 1.29 is 52.1 Å². The summed E-state index contributed by atoms with van der Waals surface area (Å²) in [4.78, 5) is 2.22. The van der Waals surface area contributed by atoms with Crippen LogP contribution in [-0.4, -0.2) is 153 Å². The fourth-order valence-electron chi connectivity index (χ4n) is 3.33. The van der Waals surface area contributed by atoms with Crippen molar-refractivity contribution in [3.63, 3.8) is 0 Å². The Morgan fingerprint density at radius 1 is 0.439 bits per heavy atom. The number of methoxy groups -OCH3 is 3. The van der Waals surface area contributed by atoms with Gasteiger partial charge in [0.15, 0.2) is 0 Å². The minimum absolute atomic E-state index is 0.517. The lowest BCUT2D eigenvalue weighted by atomic mass is 10.2. The second-order valence-corrected chi connectivity index (χ2v) is 8.57. The van der Waals surface area contributed by atoms with E-state index in [4.69, 9.17) is 52.1 Å². The third kappa shape index (κ3) is 23.6. The first-order valence-corrected chi connectivity index (χ1v) is 14.3. The molecule has 0 fully saturated rings. The smallest absolute Gasteiger partial charge is 0.120 e. The number of rotatable bonds is 32. The zero-order valence-corrected chi connectivity index (χ0v) is 25.4. The molecule has 1 rings (SSSR count). The predicted octanol–water partition coefficient (Wildman–Crippen LogP) is 1.93. The van der Waals surface area contributed by atoms with Crippen molar-refractivity contribution in [2.75, 3.05) is 158 Å². The van der Waals surface area contributed by atoms with E-state index in [1.54, 1.807) is 21.3 Å². The van der Waals surface area contributed by atoms with Crippen LogP contribution in [0.1, 0.15) is 0 Å². The Bertz CT molecular complexity index is 639. The SMILES string of the molecule is COCCOCCOCCOCCOCCN(CCOCCOCCOCCOCCOC)c1cccc(OC)c1. The minimum Gasteiger partial charge on any atom is -0.497 e. The third-order valence-corrected chi connectivity index (χ3v) is 5.53. The molecule has 12 nitrogen and oxygen atoms in total. The molecule has 41 heavy (non-hydrogen) atoms. The lowest BCUT2D eigenvalue weighted by Crippen LogP contribution is -2.31. The number of anilines is 1. The number of hydrogen-bond acceptors (Lipinski definition) is 12. The molecule has 1 aromatic rings. The Morgan fingerprint density at radius 3 is 1.12 bits per heavy atom. The van der Waals surface area contributed by atoms with Crippen LogP contribution in [0.2, 0.25) is 0 Å². The van der Waals surface area contributed by atoms with Gasteiger partial charge in [-0.25, -0.2) is 0 Å². The van der Waals surface area contributed by atoms with Crippen LogP contribution in [-0.2, 0) is 47.4 Å². The van der Waals surface area contributed by atoms with E-state index in [1.807, 2.05) is 18.2 Å². The summed E-state index contributed by atoms with van der Waals surface area (Å²) in [6.07, 6.45) is 0. The second-order valence-electron chi connectivity index (χ2n) is 8.57. The molecule has 0 saturated heterocycles. The fourth-order valence-corrected chi connectivity index (χ4v) is 3.33. The molecule has 0 bridgehead atoms. The molecule has 0 atom stereocenters. The Morgan fingerprint density at radius 2 is 0.780 bits per heavy atom. The maximum absolute atomic E-state index is 5.79. The van der Waals surface area contributed by atoms with E-state index in [9.17, 15) is 0 Å². The molecule has 0 aliphatic rings. The maximum Gasteiger partial charge on any atom is 0.120 e. The summed E-state index contributed by atoms with van der Waals surface area (Å²) in [7, 11) is 4.97. The van der Waals surface area contributed by atoms with Crippen LogP contribution in [0.25, 0.3) is 0 Å². The topological polar surface area (TPSA) is 105 Å². The van der Waals surface area contributed by atoms with E-state index in [2.05, 4.69) is 11.0 Å². The van der Waals surface area contributed by atoms with E-state index in [-0.39, 0.29) is 0 Å². The van der Waals surface area contributed by atoms with Crippen molar-refractivity contribution in [3.05, 3.63) is 24.3 Å². The van der Waals surface area contributed by atoms with Gasteiger partial charge in [0.05, 0.1) is 126 Å². The Balaban J connectivity index is 2.11. The summed E-state index contributed by atoms with van der Waals surface area (Å²) >= 11 is 0. The lowest BCUT2D eigenvalue weighted by molar-refractivity contribution is -0.00813. The molecule has 0 amide bonds. The first kappa shape index (κ1) is 37.4. The van der Waals surface area contributed by atoms with Crippen molar-refractivity contribution in [1.82, 2.24) is 0 Å². The van der Waals surface area contributed by atoms with Crippen molar-refractivity contribution in [2.45, 2.75) is 0 Å². The number of hydrogen-bond donors (Lipinski definition) is 0. The van der Waals surface area contributed by atoms with E-state index < -0.39 is 0 Å². The molecular weight excluding hydrogens is 538 g/mol. The summed E-state index contributed by atoms with van der Waals surface area (Å²) in [5.41, 5.74) is 1.05. The molecule has 1 aromatic carbocycles. The fraction of sp³-hybridized carbons (Fsp3) is 0.793. The monoisotopic (exact) mass is 591 g/mol. The Hall–Kier alpha value is -1.58. The van der Waals surface area contributed by atoms with Gasteiger partial charge in [-0.1, -0.05) is 6.07 Å². The standard InChI is InChI=1S/C29H53NO11/c1-31-11-13-36-19-21-40-25-23-38-17-15-34-9-7-30(28-5-4-6-29(27-28)33-3)8-10-35-16-18-39-24-26-41-22-20-37-14-12-32-2/h4-6,27H,7-26H2,1-3H3. The lowest BCUT2D eigenvalue weighted by Gasteiger charge is -2.25. The van der Waals surface area contributed by atoms with Crippen LogP contribution in [0.5, 0.6) is 5.75 Å². The normalized spacial score (nSPS) is 11.3. The van der Waals surface area contributed by atoms with Gasteiger partial charge in [-0.05, 0) is 12.1 Å². The van der Waals surface area contributed by atoms with Gasteiger partial charge in [-0.3, -0.25) is 0 Å². The van der Waals surface area contributed by atoms with E-state index in [0.29, 0.717) is 132 Å². The highest BCUT2D eigenvalue weighted by Gasteiger charge is 2.08. The van der Waals surface area contributed by atoms with Crippen LogP contribution in [0.15, 0.2) is 24.3 Å². The first-order valence-electron chi connectivity index (χ1n) is 14.3. The van der Waals surface area contributed by atoms with E-state index in [1.165, 1.54) is 0 Å². The summed E-state index contributed by atoms with van der Waals surface area (Å²) in [5, 5.41) is 0. The second kappa shape index (κ2) is 29.9. The molecule has 0 heterocycles. The van der Waals surface area contributed by atoms with Crippen LogP contribution in [0, 0.1) is 0 Å². The molecular formula is C29H53NO11. The molecule has 0 unspecified atom stereocenters. The van der Waals surface area contributed by atoms with Crippen LogP contribution in [0.4, 0.5) is 5.69 Å². The number of benzene rings is 1. The summed E-state index contributed by atoms with van der Waals surface area (Å²) in [6.45, 7) is 11.3. The van der Waals surface area contributed by atoms with Gasteiger partial charge in [0.2, 0.25) is 0 Å². The van der Waals surface area contributed by atoms with Crippen molar-refractivity contribution in [3.8, 4) is 5.75 Å². The van der Waals surface area contributed by atoms with Crippen molar-refractivity contribution in [1.29, 1.82) is 0 Å². The highest BCUT2D eigenvalue weighted by Crippen LogP contribution is 2.20. The molecule has 0 N–H and O–H groups in total. The largest absolute Gasteiger partial charge is 0.497 e. The third-order valence-electron chi connectivity index (χ3n) is 5.53. The average Bonchev–Trinajstić information content (AvgIpc) is 3.00. The summed E-state index contributed by atoms with van der Waals surface area (Å²) < 4.78 is 59.5. The van der Waals surface area contributed by atoms with Gasteiger partial charge in [0.1, 0.15) is 5.75 Å². The molecule has 0 spiro atoms. The molecule has 0 aliphatic heterocycles. The quantitative estimate of drug-likeness (QED) is 0.114. The molecule has 12 heteroatoms. The molecule has 0 saturated carbocycles. The number of nitrogens with zero attached hydrogens (tertiary/aromatic N) is 1. The van der Waals surface area contributed by atoms with Gasteiger partial charge in [-0.2, -0.15) is 0 Å². The Kier molecular flexibility index (Phi) is 27.3. The molecule has 240 valence electrons. The highest BCUT2D eigenvalue weighted by atomic mass is 16.6. The van der Waals surface area contributed by atoms with Crippen LogP contribution < -0.4 is 9.64 Å². The van der Waals surface area contributed by atoms with Gasteiger partial charge < -0.3 is 57.0 Å². The average molecular weight is 592 g/mol. The van der Waals surface area contributed by atoms with Gasteiger partial charge in [0.25, 0.3) is 0 Å². The van der Waals surface area contributed by atoms with Gasteiger partial charge >= 0.3 is 0 Å². The summed E-state index contributed by atoms with van der Waals surface area (Å²) in [6, 6.07) is 7.98. The predicted molar refractivity (Wildman–Crippen MR) is 156 cm³/mol. The van der Waals surface area contributed by atoms with Crippen LogP contribution >= 0.6 is 0 Å². The van der Waals surface area contributed by atoms with Gasteiger partial charge in [0, 0.05) is 39.1 Å². The van der Waals surface area contributed by atoms with Crippen LogP contribution in [0.3, 0.4) is 0 Å². The minimum atomic E-state index is 0.517. The molecule has 0 aromatic heterocycles. The molecule has 0 radical (unpaired) electrons. The maximum atomic E-state index is 5.79.